The Morgan fingerprint density at radius 1 is 1.12 bits per heavy atom. The summed E-state index contributed by atoms with van der Waals surface area (Å²) in [5, 5.41) is 0. The Kier molecular flexibility index (Phi) is 2.48. The Morgan fingerprint density at radius 3 is 2.50 bits per heavy atom. The van der Waals surface area contributed by atoms with Gasteiger partial charge in [0.25, 0.3) is 0 Å². The van der Waals surface area contributed by atoms with Crippen LogP contribution >= 0.6 is 0 Å². The smallest absolute Gasteiger partial charge is 0.115 e. The fourth-order valence-electron chi connectivity index (χ4n) is 3.07. The maximum absolute atomic E-state index is 4.04. The SMILES string of the molecule is C(=C/C12CCCN1CCC2)/c1cncnc1. The molecule has 2 saturated heterocycles. The van der Waals surface area contributed by atoms with Crippen LogP contribution in [0.3, 0.4) is 0 Å². The predicted octanol–water partition coefficient (Wildman–Crippen LogP) is 2.12. The first-order valence-electron chi connectivity index (χ1n) is 6.08. The first kappa shape index (κ1) is 9.97. The van der Waals surface area contributed by atoms with E-state index < -0.39 is 0 Å². The van der Waals surface area contributed by atoms with Gasteiger partial charge in [-0.25, -0.2) is 9.97 Å². The van der Waals surface area contributed by atoms with Crippen LogP contribution in [0.2, 0.25) is 0 Å². The average molecular weight is 215 g/mol. The number of aromatic nitrogens is 2. The van der Waals surface area contributed by atoms with Crippen LogP contribution in [0.15, 0.2) is 24.8 Å². The number of hydrogen-bond donors (Lipinski definition) is 0. The molecule has 0 aliphatic carbocycles. The fourth-order valence-corrected chi connectivity index (χ4v) is 3.07. The fraction of sp³-hybridized carbons (Fsp3) is 0.538. The monoisotopic (exact) mass is 215 g/mol. The molecule has 0 N–H and O–H groups in total. The Balaban J connectivity index is 1.81. The summed E-state index contributed by atoms with van der Waals surface area (Å²) in [7, 11) is 0. The Morgan fingerprint density at radius 2 is 1.81 bits per heavy atom. The molecule has 3 rings (SSSR count). The summed E-state index contributed by atoms with van der Waals surface area (Å²) in [6.45, 7) is 2.55. The minimum absolute atomic E-state index is 0.357. The Bertz CT molecular complexity index is 375. The molecule has 0 aromatic carbocycles. The van der Waals surface area contributed by atoms with Crippen LogP contribution in [0.4, 0.5) is 0 Å². The summed E-state index contributed by atoms with van der Waals surface area (Å²) >= 11 is 0. The third kappa shape index (κ3) is 1.65. The van der Waals surface area contributed by atoms with Gasteiger partial charge in [0.1, 0.15) is 6.33 Å². The zero-order valence-electron chi connectivity index (χ0n) is 9.47. The second kappa shape index (κ2) is 3.98. The highest BCUT2D eigenvalue weighted by molar-refractivity contribution is 5.48. The van der Waals surface area contributed by atoms with Gasteiger partial charge in [-0.2, -0.15) is 0 Å². The molecule has 1 aromatic rings. The summed E-state index contributed by atoms with van der Waals surface area (Å²) < 4.78 is 0. The van der Waals surface area contributed by atoms with Gasteiger partial charge in [0, 0.05) is 23.5 Å². The van der Waals surface area contributed by atoms with E-state index in [1.165, 1.54) is 38.8 Å². The summed E-state index contributed by atoms with van der Waals surface area (Å²) in [6.07, 6.45) is 15.2. The molecular weight excluding hydrogens is 198 g/mol. The van der Waals surface area contributed by atoms with Crippen LogP contribution in [0.5, 0.6) is 0 Å². The van der Waals surface area contributed by atoms with E-state index in [2.05, 4.69) is 27.0 Å². The summed E-state index contributed by atoms with van der Waals surface area (Å²) in [4.78, 5) is 10.7. The highest BCUT2D eigenvalue weighted by atomic mass is 15.2. The van der Waals surface area contributed by atoms with Crippen LogP contribution < -0.4 is 0 Å². The van der Waals surface area contributed by atoms with Crippen molar-refractivity contribution in [3.63, 3.8) is 0 Å². The summed E-state index contributed by atoms with van der Waals surface area (Å²) in [5.74, 6) is 0. The van der Waals surface area contributed by atoms with Crippen LogP contribution in [0.25, 0.3) is 6.08 Å². The topological polar surface area (TPSA) is 29.0 Å². The molecule has 0 atom stereocenters. The number of fused-ring (bicyclic) bond motifs is 1. The second-order valence-corrected chi connectivity index (χ2v) is 4.80. The van der Waals surface area contributed by atoms with Gasteiger partial charge in [0.2, 0.25) is 0 Å². The number of hydrogen-bond acceptors (Lipinski definition) is 3. The molecule has 0 spiro atoms. The van der Waals surface area contributed by atoms with E-state index in [0.717, 1.165) is 5.56 Å². The molecule has 0 amide bonds. The van der Waals surface area contributed by atoms with Crippen molar-refractivity contribution in [3.05, 3.63) is 30.4 Å². The van der Waals surface area contributed by atoms with Crippen molar-refractivity contribution in [2.45, 2.75) is 31.2 Å². The molecule has 0 unspecified atom stereocenters. The zero-order chi connectivity index (χ0) is 10.8. The maximum atomic E-state index is 4.04. The molecule has 3 heteroatoms. The normalized spacial score (nSPS) is 24.0. The van der Waals surface area contributed by atoms with E-state index in [-0.39, 0.29) is 0 Å². The largest absolute Gasteiger partial charge is 0.294 e. The molecule has 1 aromatic heterocycles. The Hall–Kier alpha value is -1.22. The Labute approximate surface area is 96.2 Å². The third-order valence-corrected chi connectivity index (χ3v) is 3.87. The standard InChI is InChI=1S/C13H17N3/c1-4-13(5-2-8-16(13)7-1)6-3-12-9-14-11-15-10-12/h3,6,9-11H,1-2,4-5,7-8H2/b6-3-. The highest BCUT2D eigenvalue weighted by Crippen LogP contribution is 2.40. The van der Waals surface area contributed by atoms with Crippen LogP contribution in [0.1, 0.15) is 31.2 Å². The van der Waals surface area contributed by atoms with Gasteiger partial charge in [-0.1, -0.05) is 12.2 Å². The minimum Gasteiger partial charge on any atom is -0.294 e. The molecule has 0 radical (unpaired) electrons. The lowest BCUT2D eigenvalue weighted by molar-refractivity contribution is 0.251. The van der Waals surface area contributed by atoms with Gasteiger partial charge in [0.05, 0.1) is 0 Å². The zero-order valence-corrected chi connectivity index (χ0v) is 9.47. The molecule has 0 saturated carbocycles. The van der Waals surface area contributed by atoms with E-state index in [4.69, 9.17) is 0 Å². The molecule has 0 bridgehead atoms. The van der Waals surface area contributed by atoms with Crippen LogP contribution in [-0.2, 0) is 0 Å². The average Bonchev–Trinajstić information content (AvgIpc) is 2.87. The molecule has 2 aliphatic heterocycles. The molecule has 3 nitrogen and oxygen atoms in total. The van der Waals surface area contributed by atoms with E-state index in [9.17, 15) is 0 Å². The molecule has 84 valence electrons. The molecule has 16 heavy (non-hydrogen) atoms. The molecule has 2 aliphatic rings. The quantitative estimate of drug-likeness (QED) is 0.756. The number of rotatable bonds is 2. The molecule has 3 heterocycles. The van der Waals surface area contributed by atoms with E-state index in [0.29, 0.717) is 5.54 Å². The van der Waals surface area contributed by atoms with Crippen LogP contribution in [-0.4, -0.2) is 33.5 Å². The summed E-state index contributed by atoms with van der Waals surface area (Å²) in [5.41, 5.74) is 1.46. The van der Waals surface area contributed by atoms with Crippen molar-refractivity contribution in [3.8, 4) is 0 Å². The first-order chi connectivity index (χ1) is 7.89. The van der Waals surface area contributed by atoms with Gasteiger partial charge in [0.15, 0.2) is 0 Å². The van der Waals surface area contributed by atoms with Gasteiger partial charge in [-0.15, -0.1) is 0 Å². The van der Waals surface area contributed by atoms with E-state index in [1.807, 2.05) is 12.4 Å². The van der Waals surface area contributed by atoms with Crippen LogP contribution in [0, 0.1) is 0 Å². The lowest BCUT2D eigenvalue weighted by atomic mass is 9.93. The second-order valence-electron chi connectivity index (χ2n) is 4.80. The third-order valence-electron chi connectivity index (χ3n) is 3.87. The lowest BCUT2D eigenvalue weighted by Gasteiger charge is -2.28. The van der Waals surface area contributed by atoms with Crippen molar-refractivity contribution in [2.75, 3.05) is 13.1 Å². The van der Waals surface area contributed by atoms with Gasteiger partial charge in [-0.05, 0) is 38.8 Å². The van der Waals surface area contributed by atoms with Gasteiger partial charge < -0.3 is 0 Å². The minimum atomic E-state index is 0.357. The summed E-state index contributed by atoms with van der Waals surface area (Å²) in [6, 6.07) is 0. The van der Waals surface area contributed by atoms with Gasteiger partial charge >= 0.3 is 0 Å². The number of nitrogens with zero attached hydrogens (tertiary/aromatic N) is 3. The molecule has 2 fully saturated rings. The highest BCUT2D eigenvalue weighted by Gasteiger charge is 2.41. The lowest BCUT2D eigenvalue weighted by Crippen LogP contribution is -2.35. The maximum Gasteiger partial charge on any atom is 0.115 e. The van der Waals surface area contributed by atoms with Crippen molar-refractivity contribution in [1.82, 2.24) is 14.9 Å². The van der Waals surface area contributed by atoms with E-state index >= 15 is 0 Å². The van der Waals surface area contributed by atoms with Crippen molar-refractivity contribution in [1.29, 1.82) is 0 Å². The van der Waals surface area contributed by atoms with Crippen molar-refractivity contribution >= 4 is 6.08 Å². The molecular formula is C13H17N3. The first-order valence-corrected chi connectivity index (χ1v) is 6.08. The van der Waals surface area contributed by atoms with Gasteiger partial charge in [-0.3, -0.25) is 4.90 Å². The van der Waals surface area contributed by atoms with Crippen molar-refractivity contribution < 1.29 is 0 Å². The van der Waals surface area contributed by atoms with Crippen molar-refractivity contribution in [2.24, 2.45) is 0 Å². The van der Waals surface area contributed by atoms with E-state index in [1.54, 1.807) is 6.33 Å². The predicted molar refractivity (Wildman–Crippen MR) is 63.8 cm³/mol.